The third-order valence-corrected chi connectivity index (χ3v) is 7.42. The van der Waals surface area contributed by atoms with Crippen LogP contribution in [0.3, 0.4) is 0 Å². The minimum absolute atomic E-state index is 0.272. The number of halogens is 1. The second-order valence-electron chi connectivity index (χ2n) is 6.50. The smallest absolute Gasteiger partial charge is 0.243 e. The molecule has 30 heavy (non-hydrogen) atoms. The fourth-order valence-electron chi connectivity index (χ4n) is 2.90. The van der Waals surface area contributed by atoms with Crippen LogP contribution in [0.25, 0.3) is 11.3 Å². The van der Waals surface area contributed by atoms with E-state index >= 15 is 0 Å². The number of nitrogens with zero attached hydrogens (tertiary/aromatic N) is 3. The Morgan fingerprint density at radius 1 is 1.10 bits per heavy atom. The lowest BCUT2D eigenvalue weighted by Crippen LogP contribution is -2.40. The van der Waals surface area contributed by atoms with E-state index in [-0.39, 0.29) is 4.90 Å². The predicted molar refractivity (Wildman–Crippen MR) is 120 cm³/mol. The monoisotopic (exact) mass is 462 g/mol. The van der Waals surface area contributed by atoms with Gasteiger partial charge in [0.1, 0.15) is 0 Å². The number of rotatable bonds is 6. The van der Waals surface area contributed by atoms with Gasteiger partial charge in [0.25, 0.3) is 0 Å². The van der Waals surface area contributed by atoms with Crippen molar-refractivity contribution >= 4 is 44.3 Å². The van der Waals surface area contributed by atoms with E-state index in [4.69, 9.17) is 16.3 Å². The van der Waals surface area contributed by atoms with E-state index in [2.05, 4.69) is 15.5 Å². The number of morpholine rings is 1. The maximum Gasteiger partial charge on any atom is 0.243 e. The van der Waals surface area contributed by atoms with Crippen molar-refractivity contribution < 1.29 is 13.2 Å². The van der Waals surface area contributed by atoms with Gasteiger partial charge in [-0.3, -0.25) is 5.43 Å². The first-order valence-corrected chi connectivity index (χ1v) is 11.9. The molecule has 1 N–H and O–H groups in total. The molecule has 0 amide bonds. The largest absolute Gasteiger partial charge is 0.379 e. The van der Waals surface area contributed by atoms with Crippen molar-refractivity contribution in [3.63, 3.8) is 0 Å². The zero-order valence-corrected chi connectivity index (χ0v) is 18.3. The molecule has 2 heterocycles. The van der Waals surface area contributed by atoms with Gasteiger partial charge in [-0.25, -0.2) is 13.4 Å². The Bertz CT molecular complexity index is 1120. The Hall–Kier alpha value is -2.30. The fourth-order valence-corrected chi connectivity index (χ4v) is 5.10. The van der Waals surface area contributed by atoms with Crippen molar-refractivity contribution in [2.45, 2.75) is 4.90 Å². The van der Waals surface area contributed by atoms with E-state index < -0.39 is 10.0 Å². The first-order valence-electron chi connectivity index (χ1n) is 9.21. The van der Waals surface area contributed by atoms with Crippen LogP contribution in [0, 0.1) is 0 Å². The van der Waals surface area contributed by atoms with Gasteiger partial charge >= 0.3 is 0 Å². The minimum atomic E-state index is -3.50. The fraction of sp³-hybridized carbons (Fsp3) is 0.200. The van der Waals surface area contributed by atoms with Crippen molar-refractivity contribution in [1.29, 1.82) is 0 Å². The average molecular weight is 463 g/mol. The highest BCUT2D eigenvalue weighted by molar-refractivity contribution is 7.89. The normalized spacial score (nSPS) is 15.5. The Morgan fingerprint density at radius 3 is 2.50 bits per heavy atom. The predicted octanol–water partition coefficient (Wildman–Crippen LogP) is 3.93. The molecule has 1 aromatic heterocycles. The van der Waals surface area contributed by atoms with Crippen molar-refractivity contribution in [2.24, 2.45) is 5.10 Å². The van der Waals surface area contributed by atoms with Gasteiger partial charge in [0.15, 0.2) is 0 Å². The lowest BCUT2D eigenvalue weighted by molar-refractivity contribution is 0.0730. The van der Waals surface area contributed by atoms with Crippen LogP contribution in [0.15, 0.2) is 63.9 Å². The third kappa shape index (κ3) is 4.88. The van der Waals surface area contributed by atoms with Crippen LogP contribution < -0.4 is 5.43 Å². The number of hydrogen-bond donors (Lipinski definition) is 1. The van der Waals surface area contributed by atoms with Crippen molar-refractivity contribution in [3.05, 3.63) is 64.5 Å². The lowest BCUT2D eigenvalue weighted by atomic mass is 10.2. The number of hydrazone groups is 1. The van der Waals surface area contributed by atoms with E-state index in [1.54, 1.807) is 42.6 Å². The maximum absolute atomic E-state index is 12.7. The second-order valence-corrected chi connectivity index (χ2v) is 9.73. The molecule has 3 aromatic rings. The van der Waals surface area contributed by atoms with Crippen LogP contribution in [0.4, 0.5) is 5.13 Å². The number of anilines is 1. The molecule has 0 atom stereocenters. The summed E-state index contributed by atoms with van der Waals surface area (Å²) in [4.78, 5) is 4.78. The molecule has 1 fully saturated rings. The van der Waals surface area contributed by atoms with Crippen molar-refractivity contribution in [1.82, 2.24) is 9.29 Å². The summed E-state index contributed by atoms with van der Waals surface area (Å²) in [6, 6.07) is 14.1. The zero-order valence-electron chi connectivity index (χ0n) is 15.9. The van der Waals surface area contributed by atoms with Crippen LogP contribution in [0.5, 0.6) is 0 Å². The van der Waals surface area contributed by atoms with E-state index in [1.165, 1.54) is 15.6 Å². The number of nitrogens with one attached hydrogen (secondary N) is 1. The molecule has 10 heteroatoms. The molecule has 7 nitrogen and oxygen atoms in total. The van der Waals surface area contributed by atoms with Gasteiger partial charge in [-0.2, -0.15) is 9.41 Å². The SMILES string of the molecule is O=S(=O)(c1ccc(-c2csc(NN=Cc3ccc(Cl)cc3)n2)cc1)N1CCOCC1. The van der Waals surface area contributed by atoms with Crippen molar-refractivity contribution in [2.75, 3.05) is 31.7 Å². The summed E-state index contributed by atoms with van der Waals surface area (Å²) in [5.41, 5.74) is 5.41. The standard InChI is InChI=1S/C20H19ClN4O3S2/c21-17-5-1-15(2-6-17)13-22-24-20-23-19(14-29-20)16-3-7-18(8-4-16)30(26,27)25-9-11-28-12-10-25/h1-8,13-14H,9-12H2,(H,23,24). The van der Waals surface area contributed by atoms with Gasteiger partial charge in [0.2, 0.25) is 15.2 Å². The highest BCUT2D eigenvalue weighted by Gasteiger charge is 2.26. The quantitative estimate of drug-likeness (QED) is 0.443. The summed E-state index contributed by atoms with van der Waals surface area (Å²) < 4.78 is 32.1. The van der Waals surface area contributed by atoms with Gasteiger partial charge in [0, 0.05) is 29.1 Å². The Labute approximate surface area is 184 Å². The Morgan fingerprint density at radius 2 is 1.80 bits per heavy atom. The summed E-state index contributed by atoms with van der Waals surface area (Å²) in [5.74, 6) is 0. The Balaban J connectivity index is 1.42. The number of thiazole rings is 1. The highest BCUT2D eigenvalue weighted by atomic mass is 35.5. The minimum Gasteiger partial charge on any atom is -0.379 e. The summed E-state index contributed by atoms with van der Waals surface area (Å²) in [6.45, 7) is 1.60. The average Bonchev–Trinajstić information content (AvgIpc) is 3.25. The van der Waals surface area contributed by atoms with Crippen molar-refractivity contribution in [3.8, 4) is 11.3 Å². The molecule has 1 saturated heterocycles. The molecule has 0 bridgehead atoms. The molecule has 156 valence electrons. The first kappa shape index (κ1) is 21.0. The molecule has 0 radical (unpaired) electrons. The molecule has 0 saturated carbocycles. The Kier molecular flexibility index (Phi) is 6.45. The van der Waals surface area contributed by atoms with Crippen LogP contribution in [-0.4, -0.2) is 50.2 Å². The zero-order chi connectivity index (χ0) is 21.0. The lowest BCUT2D eigenvalue weighted by Gasteiger charge is -2.26. The van der Waals surface area contributed by atoms with Gasteiger partial charge in [-0.1, -0.05) is 35.9 Å². The van der Waals surface area contributed by atoms with Gasteiger partial charge < -0.3 is 4.74 Å². The van der Waals surface area contributed by atoms with Gasteiger partial charge in [-0.15, -0.1) is 11.3 Å². The topological polar surface area (TPSA) is 83.9 Å². The van der Waals surface area contributed by atoms with E-state index in [9.17, 15) is 8.42 Å². The number of benzene rings is 2. The summed E-state index contributed by atoms with van der Waals surface area (Å²) in [5, 5.41) is 7.39. The van der Waals surface area contributed by atoms with E-state index in [0.29, 0.717) is 36.5 Å². The molecule has 0 spiro atoms. The molecule has 0 unspecified atom stereocenters. The number of ether oxygens (including phenoxy) is 1. The van der Waals surface area contributed by atoms with E-state index in [1.807, 2.05) is 17.5 Å². The van der Waals surface area contributed by atoms with Crippen LogP contribution in [0.2, 0.25) is 5.02 Å². The summed E-state index contributed by atoms with van der Waals surface area (Å²) >= 11 is 7.28. The van der Waals surface area contributed by atoms with Gasteiger partial charge in [-0.05, 0) is 29.8 Å². The highest BCUT2D eigenvalue weighted by Crippen LogP contribution is 2.27. The molecule has 1 aliphatic rings. The van der Waals surface area contributed by atoms with Crippen LogP contribution >= 0.6 is 22.9 Å². The van der Waals surface area contributed by atoms with Gasteiger partial charge in [0.05, 0.1) is 30.0 Å². The molecule has 2 aromatic carbocycles. The van der Waals surface area contributed by atoms with Crippen LogP contribution in [0.1, 0.15) is 5.56 Å². The number of aromatic nitrogens is 1. The number of sulfonamides is 1. The first-order chi connectivity index (χ1) is 14.5. The summed E-state index contributed by atoms with van der Waals surface area (Å²) in [6.07, 6.45) is 1.68. The second kappa shape index (κ2) is 9.23. The molecule has 4 rings (SSSR count). The third-order valence-electron chi connectivity index (χ3n) is 4.51. The van der Waals surface area contributed by atoms with Crippen LogP contribution in [-0.2, 0) is 14.8 Å². The summed E-state index contributed by atoms with van der Waals surface area (Å²) in [7, 11) is -3.50. The maximum atomic E-state index is 12.7. The molecular weight excluding hydrogens is 444 g/mol. The molecule has 1 aliphatic heterocycles. The molecule has 0 aliphatic carbocycles. The number of hydrogen-bond acceptors (Lipinski definition) is 7. The molecular formula is C20H19ClN4O3S2. The van der Waals surface area contributed by atoms with E-state index in [0.717, 1.165) is 16.8 Å².